The van der Waals surface area contributed by atoms with Crippen LogP contribution in [0.3, 0.4) is 0 Å². The molecule has 29 heavy (non-hydrogen) atoms. The molecule has 0 bridgehead atoms. The van der Waals surface area contributed by atoms with Gasteiger partial charge in [-0.15, -0.1) is 0 Å². The minimum atomic E-state index is -4.74. The topological polar surface area (TPSA) is 83.8 Å². The first-order valence-corrected chi connectivity index (χ1v) is 13.4. The number of carbonyl (C=O) groups is 1. The first-order valence-electron chi connectivity index (χ1n) is 9.86. The van der Waals surface area contributed by atoms with Crippen molar-refractivity contribution in [2.45, 2.75) is 57.7 Å². The van der Waals surface area contributed by atoms with Crippen molar-refractivity contribution in [3.8, 4) is 0 Å². The summed E-state index contributed by atoms with van der Waals surface area (Å²) in [6.07, 6.45) is 0.00955. The van der Waals surface area contributed by atoms with E-state index >= 15 is 0 Å². The van der Waals surface area contributed by atoms with Crippen LogP contribution in [0.5, 0.6) is 0 Å². The van der Waals surface area contributed by atoms with Gasteiger partial charge >= 0.3 is 21.9 Å². The average Bonchev–Trinajstić information content (AvgIpc) is 2.66. The highest BCUT2D eigenvalue weighted by Gasteiger charge is 2.59. The molecule has 0 radical (unpaired) electrons. The molecule has 2 aromatic carbocycles. The van der Waals surface area contributed by atoms with Crippen LogP contribution < -0.4 is 10.4 Å². The second kappa shape index (κ2) is 8.56. The van der Waals surface area contributed by atoms with E-state index in [0.717, 1.165) is 10.4 Å². The van der Waals surface area contributed by atoms with Gasteiger partial charge in [-0.25, -0.2) is 0 Å². The Bertz CT molecular complexity index is 828. The van der Waals surface area contributed by atoms with Gasteiger partial charge in [0.15, 0.2) is 5.16 Å². The van der Waals surface area contributed by atoms with Gasteiger partial charge in [0, 0.05) is 0 Å². The Balaban J connectivity index is 2.78. The van der Waals surface area contributed by atoms with E-state index < -0.39 is 32.1 Å². The molecule has 2 N–H and O–H groups in total. The standard InChI is InChI=1S/C22H31O5PSi/c1-6-22(7-2,28(24,25)26)20(23)27-29(21(3,4)5,18-14-10-8-11-15-18)19-16-12-9-13-17-19/h8-17H,6-7H2,1-5H3,(H2,24,25,26). The highest BCUT2D eigenvalue weighted by Crippen LogP contribution is 2.56. The predicted octanol–water partition coefficient (Wildman–Crippen LogP) is 3.83. The molecule has 0 aliphatic carbocycles. The highest BCUT2D eigenvalue weighted by molar-refractivity contribution is 7.54. The largest absolute Gasteiger partial charge is 0.509 e. The zero-order chi connectivity index (χ0) is 21.9. The minimum absolute atomic E-state index is 0.00478. The van der Waals surface area contributed by atoms with Gasteiger partial charge in [-0.1, -0.05) is 95.3 Å². The van der Waals surface area contributed by atoms with E-state index in [1.54, 1.807) is 13.8 Å². The molecule has 5 nitrogen and oxygen atoms in total. The average molecular weight is 435 g/mol. The Labute approximate surface area is 174 Å². The van der Waals surface area contributed by atoms with E-state index in [-0.39, 0.29) is 12.8 Å². The Hall–Kier alpha value is -1.72. The van der Waals surface area contributed by atoms with Crippen molar-refractivity contribution in [2.24, 2.45) is 0 Å². The van der Waals surface area contributed by atoms with Crippen molar-refractivity contribution >= 4 is 32.3 Å². The summed E-state index contributed by atoms with van der Waals surface area (Å²) in [7, 11) is -7.96. The maximum atomic E-state index is 13.5. The molecule has 0 spiro atoms. The Morgan fingerprint density at radius 1 is 0.897 bits per heavy atom. The third kappa shape index (κ3) is 4.12. The molecular weight excluding hydrogens is 403 g/mol. The van der Waals surface area contributed by atoms with E-state index in [2.05, 4.69) is 0 Å². The summed E-state index contributed by atoms with van der Waals surface area (Å²) in [4.78, 5) is 33.6. The number of carbonyl (C=O) groups excluding carboxylic acids is 1. The lowest BCUT2D eigenvalue weighted by Crippen LogP contribution is -2.68. The van der Waals surface area contributed by atoms with Crippen LogP contribution in [0.2, 0.25) is 5.04 Å². The number of benzene rings is 2. The van der Waals surface area contributed by atoms with Gasteiger partial charge in [-0.3, -0.25) is 9.36 Å². The lowest BCUT2D eigenvalue weighted by Gasteiger charge is -2.44. The van der Waals surface area contributed by atoms with Gasteiger partial charge in [0.25, 0.3) is 0 Å². The highest BCUT2D eigenvalue weighted by atomic mass is 31.2. The van der Waals surface area contributed by atoms with Crippen LogP contribution in [0, 0.1) is 0 Å². The van der Waals surface area contributed by atoms with Crippen molar-refractivity contribution in [1.29, 1.82) is 0 Å². The first-order chi connectivity index (χ1) is 13.5. The monoisotopic (exact) mass is 434 g/mol. The third-order valence-electron chi connectivity index (χ3n) is 5.77. The molecule has 0 saturated heterocycles. The molecule has 2 rings (SSSR count). The summed E-state index contributed by atoms with van der Waals surface area (Å²) >= 11 is 0. The van der Waals surface area contributed by atoms with E-state index in [4.69, 9.17) is 4.43 Å². The Morgan fingerprint density at radius 2 is 1.28 bits per heavy atom. The minimum Gasteiger partial charge on any atom is -0.509 e. The van der Waals surface area contributed by atoms with Crippen molar-refractivity contribution in [1.82, 2.24) is 0 Å². The van der Waals surface area contributed by atoms with E-state index in [1.165, 1.54) is 0 Å². The Morgan fingerprint density at radius 3 is 1.55 bits per heavy atom. The molecule has 0 saturated carbocycles. The molecule has 0 fully saturated rings. The van der Waals surface area contributed by atoms with Crippen LogP contribution in [-0.4, -0.2) is 29.2 Å². The zero-order valence-corrected chi connectivity index (χ0v) is 19.6. The van der Waals surface area contributed by atoms with Gasteiger partial charge in [0.1, 0.15) is 0 Å². The zero-order valence-electron chi connectivity index (χ0n) is 17.8. The van der Waals surface area contributed by atoms with Crippen molar-refractivity contribution < 1.29 is 23.6 Å². The van der Waals surface area contributed by atoms with Crippen LogP contribution in [0.15, 0.2) is 60.7 Å². The fourth-order valence-electron chi connectivity index (χ4n) is 3.95. The van der Waals surface area contributed by atoms with Crippen molar-refractivity contribution in [3.63, 3.8) is 0 Å². The quantitative estimate of drug-likeness (QED) is 0.511. The second-order valence-corrected chi connectivity index (χ2v) is 14.5. The molecule has 0 heterocycles. The summed E-state index contributed by atoms with van der Waals surface area (Å²) in [5.74, 6) is -0.815. The molecule has 0 aliphatic heterocycles. The maximum Gasteiger partial charge on any atom is 0.342 e. The lowest BCUT2D eigenvalue weighted by molar-refractivity contribution is -0.139. The Kier molecular flexibility index (Phi) is 6.96. The molecule has 7 heteroatoms. The number of rotatable bonds is 7. The van der Waals surface area contributed by atoms with E-state index in [1.807, 2.05) is 81.4 Å². The van der Waals surface area contributed by atoms with Crippen molar-refractivity contribution in [2.75, 3.05) is 0 Å². The molecule has 158 valence electrons. The fourth-order valence-corrected chi connectivity index (χ4v) is 9.55. The number of hydrogen-bond acceptors (Lipinski definition) is 3. The molecular formula is C22H31O5PSi. The predicted molar refractivity (Wildman–Crippen MR) is 119 cm³/mol. The van der Waals surface area contributed by atoms with Crippen LogP contribution in [0.1, 0.15) is 47.5 Å². The summed E-state index contributed by atoms with van der Waals surface area (Å²) in [6.45, 7) is 9.29. The van der Waals surface area contributed by atoms with Crippen LogP contribution in [0.25, 0.3) is 0 Å². The molecule has 0 aromatic heterocycles. The lowest BCUT2D eigenvalue weighted by atomic mass is 10.0. The molecule has 0 unspecified atom stereocenters. The number of hydrogen-bond donors (Lipinski definition) is 2. The molecule has 0 amide bonds. The maximum absolute atomic E-state index is 13.5. The summed E-state index contributed by atoms with van der Waals surface area (Å²) < 4.78 is 18.7. The third-order valence-corrected chi connectivity index (χ3v) is 12.6. The molecule has 2 aromatic rings. The van der Waals surface area contributed by atoms with E-state index in [9.17, 15) is 19.1 Å². The van der Waals surface area contributed by atoms with Crippen LogP contribution in [-0.2, 0) is 13.8 Å². The SMILES string of the molecule is CCC(CC)(C(=O)O[Si](c1ccccc1)(c1ccccc1)C(C)(C)C)P(=O)(O)O. The van der Waals surface area contributed by atoms with Crippen molar-refractivity contribution in [3.05, 3.63) is 60.7 Å². The van der Waals surface area contributed by atoms with E-state index in [0.29, 0.717) is 0 Å². The normalized spacial score (nSPS) is 13.2. The van der Waals surface area contributed by atoms with Gasteiger partial charge in [-0.05, 0) is 28.3 Å². The second-order valence-electron chi connectivity index (χ2n) is 8.34. The van der Waals surface area contributed by atoms with Crippen LogP contribution in [0.4, 0.5) is 0 Å². The van der Waals surface area contributed by atoms with Gasteiger partial charge < -0.3 is 14.2 Å². The van der Waals surface area contributed by atoms with Gasteiger partial charge in [0.2, 0.25) is 0 Å². The summed E-state index contributed by atoms with van der Waals surface area (Å²) in [5, 5.41) is -0.536. The summed E-state index contributed by atoms with van der Waals surface area (Å²) in [6, 6.07) is 19.1. The van der Waals surface area contributed by atoms with Crippen LogP contribution >= 0.6 is 7.60 Å². The molecule has 0 aliphatic rings. The first kappa shape index (κ1) is 23.6. The smallest absolute Gasteiger partial charge is 0.342 e. The molecule has 0 atom stereocenters. The summed E-state index contributed by atoms with van der Waals surface area (Å²) in [5.41, 5.74) is 0. The van der Waals surface area contributed by atoms with Gasteiger partial charge in [0.05, 0.1) is 0 Å². The van der Waals surface area contributed by atoms with Gasteiger partial charge in [-0.2, -0.15) is 0 Å². The fraction of sp³-hybridized carbons (Fsp3) is 0.409.